The first-order chi connectivity index (χ1) is 12.4. The summed E-state index contributed by atoms with van der Waals surface area (Å²) >= 11 is 0. The standard InChI is InChI=1S/C23H36O3/c1-14(13-25-4)16-5-6-17-15-7-12-23-20(26-23)19(24)9-11-22(23,3)18(15)8-10-21(16,17)2/h14-18,20H,5-13H2,1-4H3/t14-,15+,16-,17+,18+,20?,21-,22-,23?/m1/s1. The van der Waals surface area contributed by atoms with Crippen molar-refractivity contribution in [2.75, 3.05) is 13.7 Å². The molecule has 5 rings (SSSR count). The van der Waals surface area contributed by atoms with E-state index < -0.39 is 0 Å². The highest BCUT2D eigenvalue weighted by atomic mass is 16.6. The van der Waals surface area contributed by atoms with Gasteiger partial charge in [-0.25, -0.2) is 0 Å². The fourth-order valence-electron chi connectivity index (χ4n) is 8.85. The number of Topliss-reactive ketones (excluding diaryl/α,β-unsaturated/α-hetero) is 1. The van der Waals surface area contributed by atoms with Crippen LogP contribution in [0.5, 0.6) is 0 Å². The average molecular weight is 361 g/mol. The summed E-state index contributed by atoms with van der Waals surface area (Å²) < 4.78 is 11.7. The second-order valence-electron chi connectivity index (χ2n) is 10.8. The highest BCUT2D eigenvalue weighted by Gasteiger charge is 2.76. The molecular formula is C23H36O3. The lowest BCUT2D eigenvalue weighted by atomic mass is 9.44. The van der Waals surface area contributed by atoms with Gasteiger partial charge in [-0.3, -0.25) is 4.79 Å². The van der Waals surface area contributed by atoms with Crippen LogP contribution in [0.3, 0.4) is 0 Å². The molecule has 2 unspecified atom stereocenters. The van der Waals surface area contributed by atoms with Crippen molar-refractivity contribution in [1.82, 2.24) is 0 Å². The summed E-state index contributed by atoms with van der Waals surface area (Å²) in [5.74, 6) is 4.35. The maximum absolute atomic E-state index is 12.3. The molecule has 0 aromatic rings. The molecule has 26 heavy (non-hydrogen) atoms. The lowest BCUT2D eigenvalue weighted by Gasteiger charge is -2.59. The van der Waals surface area contributed by atoms with Crippen LogP contribution in [0, 0.1) is 40.4 Å². The van der Waals surface area contributed by atoms with Gasteiger partial charge in [-0.05, 0) is 80.0 Å². The normalized spacial score (nSPS) is 56.2. The zero-order chi connectivity index (χ0) is 18.3. The van der Waals surface area contributed by atoms with E-state index in [1.807, 2.05) is 7.11 Å². The van der Waals surface area contributed by atoms with Gasteiger partial charge in [0, 0.05) is 25.6 Å². The van der Waals surface area contributed by atoms with Crippen LogP contribution in [-0.4, -0.2) is 31.2 Å². The predicted molar refractivity (Wildman–Crippen MR) is 101 cm³/mol. The number of fused-ring (bicyclic) bond motifs is 4. The number of ketones is 1. The zero-order valence-electron chi connectivity index (χ0n) is 17.1. The van der Waals surface area contributed by atoms with Crippen LogP contribution in [0.1, 0.15) is 72.1 Å². The van der Waals surface area contributed by atoms with Gasteiger partial charge in [-0.15, -0.1) is 0 Å². The van der Waals surface area contributed by atoms with Gasteiger partial charge in [-0.2, -0.15) is 0 Å². The molecule has 0 aromatic carbocycles. The van der Waals surface area contributed by atoms with Crippen molar-refractivity contribution in [3.63, 3.8) is 0 Å². The summed E-state index contributed by atoms with van der Waals surface area (Å²) in [6, 6.07) is 0. The van der Waals surface area contributed by atoms with Crippen molar-refractivity contribution in [3.8, 4) is 0 Å². The largest absolute Gasteiger partial charge is 0.384 e. The first kappa shape index (κ1) is 17.7. The van der Waals surface area contributed by atoms with Gasteiger partial charge < -0.3 is 9.47 Å². The van der Waals surface area contributed by atoms with E-state index in [-0.39, 0.29) is 17.1 Å². The number of rotatable bonds is 3. The molecule has 5 fully saturated rings. The fourth-order valence-corrected chi connectivity index (χ4v) is 8.85. The molecule has 3 nitrogen and oxygen atoms in total. The molecule has 146 valence electrons. The molecule has 4 saturated carbocycles. The van der Waals surface area contributed by atoms with Crippen LogP contribution in [0.4, 0.5) is 0 Å². The smallest absolute Gasteiger partial charge is 0.164 e. The van der Waals surface area contributed by atoms with Crippen LogP contribution < -0.4 is 0 Å². The van der Waals surface area contributed by atoms with E-state index in [0.29, 0.717) is 17.1 Å². The second kappa shape index (κ2) is 5.56. The Morgan fingerprint density at radius 3 is 2.69 bits per heavy atom. The van der Waals surface area contributed by atoms with Gasteiger partial charge in [0.15, 0.2) is 5.78 Å². The number of methoxy groups -OCH3 is 1. The molecule has 0 radical (unpaired) electrons. The van der Waals surface area contributed by atoms with E-state index in [2.05, 4.69) is 20.8 Å². The minimum atomic E-state index is -0.0708. The molecule has 4 aliphatic carbocycles. The maximum Gasteiger partial charge on any atom is 0.164 e. The van der Waals surface area contributed by atoms with Gasteiger partial charge in [-0.1, -0.05) is 20.8 Å². The summed E-state index contributed by atoms with van der Waals surface area (Å²) in [6.07, 6.45) is 9.68. The Morgan fingerprint density at radius 2 is 1.92 bits per heavy atom. The van der Waals surface area contributed by atoms with Crippen molar-refractivity contribution in [2.45, 2.75) is 83.8 Å². The lowest BCUT2D eigenvalue weighted by molar-refractivity contribution is -0.132. The molecule has 1 saturated heterocycles. The van der Waals surface area contributed by atoms with Crippen LogP contribution in [0.25, 0.3) is 0 Å². The minimum absolute atomic E-state index is 0.0476. The summed E-state index contributed by atoms with van der Waals surface area (Å²) in [4.78, 5) is 12.3. The van der Waals surface area contributed by atoms with E-state index in [4.69, 9.17) is 9.47 Å². The Hall–Kier alpha value is -0.410. The van der Waals surface area contributed by atoms with Crippen molar-refractivity contribution < 1.29 is 14.3 Å². The van der Waals surface area contributed by atoms with Gasteiger partial charge in [0.05, 0.1) is 0 Å². The Bertz CT molecular complexity index is 617. The predicted octanol–water partition coefficient (Wildman–Crippen LogP) is 4.63. The number of ether oxygens (including phenoxy) is 2. The SMILES string of the molecule is COC[C@@H](C)[C@H]1CC[C@H]2[C@@H]3CCC45OC4C(=O)CC[C@]5(C)[C@H]3CC[C@]12C. The Labute approximate surface area is 158 Å². The molecular weight excluding hydrogens is 324 g/mol. The Balaban J connectivity index is 1.42. The van der Waals surface area contributed by atoms with E-state index in [0.717, 1.165) is 49.5 Å². The molecule has 1 heterocycles. The molecule has 0 aromatic heterocycles. The number of carbonyl (C=O) groups excluding carboxylic acids is 1. The fraction of sp³-hybridized carbons (Fsp3) is 0.957. The number of hydrogen-bond donors (Lipinski definition) is 0. The lowest BCUT2D eigenvalue weighted by Crippen LogP contribution is -2.58. The number of carbonyl (C=O) groups is 1. The average Bonchev–Trinajstić information content (AvgIpc) is 3.25. The topological polar surface area (TPSA) is 38.8 Å². The van der Waals surface area contributed by atoms with Crippen LogP contribution >= 0.6 is 0 Å². The highest BCUT2D eigenvalue weighted by Crippen LogP contribution is 2.73. The molecule has 0 amide bonds. The van der Waals surface area contributed by atoms with E-state index in [1.54, 1.807) is 0 Å². The van der Waals surface area contributed by atoms with Crippen LogP contribution in [0.2, 0.25) is 0 Å². The first-order valence-corrected chi connectivity index (χ1v) is 11.1. The Morgan fingerprint density at radius 1 is 1.12 bits per heavy atom. The number of hydrogen-bond acceptors (Lipinski definition) is 3. The first-order valence-electron chi connectivity index (χ1n) is 11.1. The minimum Gasteiger partial charge on any atom is -0.384 e. The summed E-state index contributed by atoms with van der Waals surface area (Å²) in [5.41, 5.74) is 0.666. The quantitative estimate of drug-likeness (QED) is 0.689. The van der Waals surface area contributed by atoms with E-state index in [9.17, 15) is 4.79 Å². The van der Waals surface area contributed by atoms with Gasteiger partial charge >= 0.3 is 0 Å². The van der Waals surface area contributed by atoms with Crippen LogP contribution in [-0.2, 0) is 14.3 Å². The van der Waals surface area contributed by atoms with Crippen molar-refractivity contribution in [1.29, 1.82) is 0 Å². The van der Waals surface area contributed by atoms with E-state index >= 15 is 0 Å². The third-order valence-electron chi connectivity index (χ3n) is 10.1. The molecule has 0 N–H and O–H groups in total. The van der Waals surface area contributed by atoms with E-state index in [1.165, 1.54) is 32.1 Å². The van der Waals surface area contributed by atoms with Gasteiger partial charge in [0.1, 0.15) is 11.7 Å². The van der Waals surface area contributed by atoms with Gasteiger partial charge in [0.2, 0.25) is 0 Å². The molecule has 9 atom stereocenters. The van der Waals surface area contributed by atoms with Crippen molar-refractivity contribution >= 4 is 5.78 Å². The summed E-state index contributed by atoms with van der Waals surface area (Å²) in [6.45, 7) is 8.39. The monoisotopic (exact) mass is 360 g/mol. The van der Waals surface area contributed by atoms with Crippen molar-refractivity contribution in [3.05, 3.63) is 0 Å². The summed E-state index contributed by atoms with van der Waals surface area (Å²) in [5, 5.41) is 0. The maximum atomic E-state index is 12.3. The molecule has 0 bridgehead atoms. The zero-order valence-corrected chi connectivity index (χ0v) is 17.1. The molecule has 3 heteroatoms. The van der Waals surface area contributed by atoms with Gasteiger partial charge in [0.25, 0.3) is 0 Å². The second-order valence-corrected chi connectivity index (χ2v) is 10.8. The molecule has 1 aliphatic heterocycles. The highest BCUT2D eigenvalue weighted by molar-refractivity contribution is 5.88. The molecule has 5 aliphatic rings. The third kappa shape index (κ3) is 2.00. The Kier molecular flexibility index (Phi) is 3.78. The van der Waals surface area contributed by atoms with Crippen molar-refractivity contribution in [2.24, 2.45) is 40.4 Å². The van der Waals surface area contributed by atoms with Crippen LogP contribution in [0.15, 0.2) is 0 Å². The molecule has 1 spiro atoms. The number of epoxide rings is 1. The third-order valence-corrected chi connectivity index (χ3v) is 10.1. The summed E-state index contributed by atoms with van der Waals surface area (Å²) in [7, 11) is 1.85.